The van der Waals surface area contributed by atoms with Crippen molar-refractivity contribution >= 4 is 6.03 Å². The van der Waals surface area contributed by atoms with Crippen molar-refractivity contribution in [3.8, 4) is 17.0 Å². The van der Waals surface area contributed by atoms with Crippen molar-refractivity contribution in [1.82, 2.24) is 15.4 Å². The molecule has 0 saturated carbocycles. The molecule has 0 unspecified atom stereocenters. The molecule has 2 amide bonds. The van der Waals surface area contributed by atoms with Gasteiger partial charge in [-0.2, -0.15) is 0 Å². The molecule has 1 saturated heterocycles. The van der Waals surface area contributed by atoms with Crippen molar-refractivity contribution in [2.75, 3.05) is 26.8 Å². The molecule has 1 aliphatic rings. The fourth-order valence-corrected chi connectivity index (χ4v) is 3.20. The lowest BCUT2D eigenvalue weighted by Gasteiger charge is -2.32. The van der Waals surface area contributed by atoms with E-state index < -0.39 is 0 Å². The number of nitrogens with zero attached hydrogens (tertiary/aromatic N) is 2. The van der Waals surface area contributed by atoms with Gasteiger partial charge in [0.15, 0.2) is 5.76 Å². The Morgan fingerprint density at radius 1 is 1.41 bits per heavy atom. The number of aromatic nitrogens is 1. The summed E-state index contributed by atoms with van der Waals surface area (Å²) in [4.78, 5) is 14.3. The van der Waals surface area contributed by atoms with Crippen molar-refractivity contribution in [1.29, 1.82) is 0 Å². The number of urea groups is 1. The predicted molar refractivity (Wildman–Crippen MR) is 102 cm³/mol. The highest BCUT2D eigenvalue weighted by molar-refractivity contribution is 5.74. The number of ether oxygens (including phenoxy) is 2. The lowest BCUT2D eigenvalue weighted by Crippen LogP contribution is -2.47. The smallest absolute Gasteiger partial charge is 0.317 e. The molecule has 2 heterocycles. The van der Waals surface area contributed by atoms with E-state index in [-0.39, 0.29) is 18.7 Å². The lowest BCUT2D eigenvalue weighted by molar-refractivity contribution is 0.00996. The number of likely N-dealkylation sites (tertiary alicyclic amines) is 1. The van der Waals surface area contributed by atoms with Gasteiger partial charge in [-0.3, -0.25) is 0 Å². The predicted octanol–water partition coefficient (Wildman–Crippen LogP) is 3.45. The highest BCUT2D eigenvalue weighted by Gasteiger charge is 2.24. The largest absolute Gasteiger partial charge is 0.496 e. The second kappa shape index (κ2) is 9.41. The van der Waals surface area contributed by atoms with Crippen molar-refractivity contribution in [2.45, 2.75) is 38.8 Å². The summed E-state index contributed by atoms with van der Waals surface area (Å²) in [6.45, 7) is 4.50. The summed E-state index contributed by atoms with van der Waals surface area (Å²) < 4.78 is 16.5. The molecule has 1 aliphatic heterocycles. The van der Waals surface area contributed by atoms with Gasteiger partial charge in [-0.25, -0.2) is 4.79 Å². The number of nitrogens with one attached hydrogen (secondary N) is 1. The van der Waals surface area contributed by atoms with Gasteiger partial charge in [-0.1, -0.05) is 24.2 Å². The monoisotopic (exact) mass is 373 g/mol. The van der Waals surface area contributed by atoms with Crippen molar-refractivity contribution < 1.29 is 18.8 Å². The second-order valence-electron chi connectivity index (χ2n) is 6.62. The normalized spacial score (nSPS) is 17.0. The molecule has 0 bridgehead atoms. The Morgan fingerprint density at radius 2 is 2.26 bits per heavy atom. The van der Waals surface area contributed by atoms with Crippen LogP contribution in [0.5, 0.6) is 5.75 Å². The third-order valence-corrected chi connectivity index (χ3v) is 4.58. The number of benzene rings is 1. The average molecular weight is 373 g/mol. The summed E-state index contributed by atoms with van der Waals surface area (Å²) in [6.07, 6.45) is 3.09. The van der Waals surface area contributed by atoms with Crippen LogP contribution in [0.3, 0.4) is 0 Å². The molecule has 7 nitrogen and oxygen atoms in total. The van der Waals surface area contributed by atoms with E-state index in [0.29, 0.717) is 18.0 Å². The maximum atomic E-state index is 12.4. The zero-order valence-corrected chi connectivity index (χ0v) is 15.9. The average Bonchev–Trinajstić information content (AvgIpc) is 3.19. The highest BCUT2D eigenvalue weighted by atomic mass is 16.5. The molecular formula is C20H27N3O4. The Morgan fingerprint density at radius 3 is 3.07 bits per heavy atom. The van der Waals surface area contributed by atoms with E-state index >= 15 is 0 Å². The van der Waals surface area contributed by atoms with Crippen molar-refractivity contribution in [2.24, 2.45) is 0 Å². The van der Waals surface area contributed by atoms with Gasteiger partial charge in [-0.15, -0.1) is 0 Å². The van der Waals surface area contributed by atoms with E-state index in [0.717, 1.165) is 43.7 Å². The van der Waals surface area contributed by atoms with E-state index in [2.05, 4.69) is 17.4 Å². The van der Waals surface area contributed by atoms with Gasteiger partial charge in [0.25, 0.3) is 0 Å². The van der Waals surface area contributed by atoms with Gasteiger partial charge in [0.1, 0.15) is 11.4 Å². The Kier molecular flexibility index (Phi) is 6.70. The fraction of sp³-hybridized carbons (Fsp3) is 0.500. The molecule has 0 radical (unpaired) electrons. The van der Waals surface area contributed by atoms with E-state index in [1.54, 1.807) is 12.0 Å². The van der Waals surface area contributed by atoms with Gasteiger partial charge < -0.3 is 24.2 Å². The quantitative estimate of drug-likeness (QED) is 0.804. The van der Waals surface area contributed by atoms with Crippen LogP contribution in [0.15, 0.2) is 34.9 Å². The van der Waals surface area contributed by atoms with E-state index in [1.807, 2.05) is 30.3 Å². The molecule has 1 atom stereocenters. The topological polar surface area (TPSA) is 76.8 Å². The second-order valence-corrected chi connectivity index (χ2v) is 6.62. The summed E-state index contributed by atoms with van der Waals surface area (Å²) in [6, 6.07) is 9.33. The zero-order valence-electron chi connectivity index (χ0n) is 15.9. The summed E-state index contributed by atoms with van der Waals surface area (Å²) in [5.74, 6) is 1.33. The molecule has 0 spiro atoms. The van der Waals surface area contributed by atoms with Crippen LogP contribution in [-0.2, 0) is 11.3 Å². The molecule has 146 valence electrons. The number of rotatable bonds is 7. The molecule has 1 N–H and O–H groups in total. The number of carbonyl (C=O) groups excluding carboxylic acids is 1. The minimum Gasteiger partial charge on any atom is -0.496 e. The van der Waals surface area contributed by atoms with Crippen LogP contribution in [0.2, 0.25) is 0 Å². The van der Waals surface area contributed by atoms with Crippen LogP contribution < -0.4 is 10.1 Å². The molecule has 2 aromatic rings. The molecule has 1 fully saturated rings. The van der Waals surface area contributed by atoms with Crippen LogP contribution in [-0.4, -0.2) is 49.0 Å². The SMILES string of the molecule is CCCO[C@@H]1CCCN(C(=O)NCc2cc(-c3ccccc3OC)no2)C1. The first kappa shape index (κ1) is 19.2. The number of carbonyl (C=O) groups is 1. The Hall–Kier alpha value is -2.54. The first-order chi connectivity index (χ1) is 13.2. The van der Waals surface area contributed by atoms with Crippen molar-refractivity contribution in [3.05, 3.63) is 36.1 Å². The van der Waals surface area contributed by atoms with Crippen LogP contribution in [0.25, 0.3) is 11.3 Å². The van der Waals surface area contributed by atoms with Gasteiger partial charge in [0.2, 0.25) is 0 Å². The summed E-state index contributed by atoms with van der Waals surface area (Å²) in [5, 5.41) is 7.00. The van der Waals surface area contributed by atoms with Crippen LogP contribution in [0.1, 0.15) is 31.9 Å². The van der Waals surface area contributed by atoms with Gasteiger partial charge in [0.05, 0.1) is 19.8 Å². The maximum Gasteiger partial charge on any atom is 0.317 e. The third kappa shape index (κ3) is 5.01. The van der Waals surface area contributed by atoms with Crippen LogP contribution in [0.4, 0.5) is 4.79 Å². The molecule has 3 rings (SSSR count). The number of hydrogen-bond acceptors (Lipinski definition) is 5. The summed E-state index contributed by atoms with van der Waals surface area (Å²) in [5.41, 5.74) is 1.54. The number of amides is 2. The molecule has 1 aromatic carbocycles. The first-order valence-corrected chi connectivity index (χ1v) is 9.44. The van der Waals surface area contributed by atoms with Crippen LogP contribution >= 0.6 is 0 Å². The minimum atomic E-state index is -0.102. The Bertz CT molecular complexity index is 746. The molecular weight excluding hydrogens is 346 g/mol. The van der Waals surface area contributed by atoms with E-state index in [9.17, 15) is 4.79 Å². The Balaban J connectivity index is 1.54. The molecule has 0 aliphatic carbocycles. The minimum absolute atomic E-state index is 0.102. The number of para-hydroxylation sites is 1. The van der Waals surface area contributed by atoms with Gasteiger partial charge in [0, 0.05) is 31.3 Å². The highest BCUT2D eigenvalue weighted by Crippen LogP contribution is 2.28. The molecule has 1 aromatic heterocycles. The molecule has 7 heteroatoms. The van der Waals surface area contributed by atoms with Gasteiger partial charge in [-0.05, 0) is 31.4 Å². The van der Waals surface area contributed by atoms with Crippen LogP contribution in [0, 0.1) is 0 Å². The van der Waals surface area contributed by atoms with Gasteiger partial charge >= 0.3 is 6.03 Å². The number of methoxy groups -OCH3 is 1. The summed E-state index contributed by atoms with van der Waals surface area (Å²) >= 11 is 0. The fourth-order valence-electron chi connectivity index (χ4n) is 3.20. The third-order valence-electron chi connectivity index (χ3n) is 4.58. The zero-order chi connectivity index (χ0) is 19.1. The van der Waals surface area contributed by atoms with E-state index in [1.165, 1.54) is 0 Å². The first-order valence-electron chi connectivity index (χ1n) is 9.44. The summed E-state index contributed by atoms with van der Waals surface area (Å²) in [7, 11) is 1.62. The van der Waals surface area contributed by atoms with E-state index in [4.69, 9.17) is 14.0 Å². The number of piperidine rings is 1. The maximum absolute atomic E-state index is 12.4. The van der Waals surface area contributed by atoms with Crippen molar-refractivity contribution in [3.63, 3.8) is 0 Å². The lowest BCUT2D eigenvalue weighted by atomic mass is 10.1. The standard InChI is InChI=1S/C20H27N3O4/c1-3-11-26-15-7-6-10-23(14-15)20(24)21-13-16-12-18(22-27-16)17-8-4-5-9-19(17)25-2/h4-5,8-9,12,15H,3,6-7,10-11,13-14H2,1-2H3,(H,21,24)/t15-/m1/s1. The number of hydrogen-bond donors (Lipinski definition) is 1. The molecule has 27 heavy (non-hydrogen) atoms. The Labute approximate surface area is 159 Å².